The minimum Gasteiger partial charge on any atom is -0.494 e. The molecular weight excluding hydrogens is 500 g/mol. The van der Waals surface area contributed by atoms with Crippen molar-refractivity contribution in [3.63, 3.8) is 0 Å². The summed E-state index contributed by atoms with van der Waals surface area (Å²) in [6.45, 7) is 2.35. The zero-order valence-corrected chi connectivity index (χ0v) is 20.7. The van der Waals surface area contributed by atoms with E-state index in [1.165, 1.54) is 30.2 Å². The molecule has 3 aromatic rings. The van der Waals surface area contributed by atoms with Crippen LogP contribution in [0.1, 0.15) is 28.8 Å². The second kappa shape index (κ2) is 11.0. The second-order valence-corrected chi connectivity index (χ2v) is 8.04. The smallest absolute Gasteiger partial charge is 0.371 e. The number of nitrogens with one attached hydrogen (secondary N) is 1. The van der Waals surface area contributed by atoms with Crippen LogP contribution in [0.15, 0.2) is 64.6 Å². The van der Waals surface area contributed by atoms with Crippen LogP contribution in [0.5, 0.6) is 17.2 Å². The van der Waals surface area contributed by atoms with E-state index in [0.29, 0.717) is 40.9 Å². The number of carboxylic acids is 1. The van der Waals surface area contributed by atoms with Crippen molar-refractivity contribution in [1.29, 1.82) is 0 Å². The van der Waals surface area contributed by atoms with Gasteiger partial charge in [-0.25, -0.2) is 4.79 Å². The molecule has 1 aliphatic rings. The number of ether oxygens (including phenoxy) is 3. The van der Waals surface area contributed by atoms with E-state index in [-0.39, 0.29) is 23.1 Å². The summed E-state index contributed by atoms with van der Waals surface area (Å²) in [5.41, 5.74) is 0.873. The Kier molecular flexibility index (Phi) is 7.54. The van der Waals surface area contributed by atoms with E-state index in [0.717, 1.165) is 0 Å². The predicted molar refractivity (Wildman–Crippen MR) is 137 cm³/mol. The maximum Gasteiger partial charge on any atom is 0.371 e. The molecule has 190 valence electrons. The largest absolute Gasteiger partial charge is 0.494 e. The molecule has 4 rings (SSSR count). The molecule has 2 amide bonds. The summed E-state index contributed by atoms with van der Waals surface area (Å²) < 4.78 is 21.7. The molecule has 0 bridgehead atoms. The fourth-order valence-electron chi connectivity index (χ4n) is 3.53. The number of hydrogen-bond acceptors (Lipinski definition) is 8. The van der Waals surface area contributed by atoms with Gasteiger partial charge < -0.3 is 23.7 Å². The Morgan fingerprint density at radius 1 is 1.08 bits per heavy atom. The maximum atomic E-state index is 13.3. The second-order valence-electron chi connectivity index (χ2n) is 7.65. The molecule has 0 unspecified atom stereocenters. The van der Waals surface area contributed by atoms with Gasteiger partial charge in [-0.1, -0.05) is 6.07 Å². The minimum atomic E-state index is -1.18. The lowest BCUT2D eigenvalue weighted by atomic mass is 10.1. The van der Waals surface area contributed by atoms with E-state index >= 15 is 0 Å². The Morgan fingerprint density at radius 2 is 1.84 bits per heavy atom. The number of rotatable bonds is 9. The van der Waals surface area contributed by atoms with Crippen LogP contribution in [0.2, 0.25) is 0 Å². The molecule has 2 heterocycles. The van der Waals surface area contributed by atoms with Gasteiger partial charge in [-0.15, -0.1) is 0 Å². The van der Waals surface area contributed by atoms with Crippen LogP contribution in [0.4, 0.5) is 5.69 Å². The Bertz CT molecular complexity index is 1390. The average Bonchev–Trinajstić information content (AvgIpc) is 3.36. The van der Waals surface area contributed by atoms with Gasteiger partial charge in [0.2, 0.25) is 5.76 Å². The van der Waals surface area contributed by atoms with E-state index in [1.807, 2.05) is 6.92 Å². The molecule has 1 fully saturated rings. The van der Waals surface area contributed by atoms with E-state index < -0.39 is 17.8 Å². The summed E-state index contributed by atoms with van der Waals surface area (Å²) in [4.78, 5) is 38.1. The van der Waals surface area contributed by atoms with Gasteiger partial charge in [0.1, 0.15) is 23.7 Å². The van der Waals surface area contributed by atoms with Crippen molar-refractivity contribution in [2.45, 2.75) is 13.5 Å². The number of aromatic carboxylic acids is 1. The molecule has 0 aliphatic carbocycles. The van der Waals surface area contributed by atoms with Crippen molar-refractivity contribution >= 4 is 46.9 Å². The van der Waals surface area contributed by atoms with Gasteiger partial charge in [0, 0.05) is 0 Å². The zero-order valence-electron chi connectivity index (χ0n) is 19.8. The van der Waals surface area contributed by atoms with Gasteiger partial charge in [0.25, 0.3) is 11.8 Å². The highest BCUT2D eigenvalue weighted by atomic mass is 32.1. The number of furan rings is 1. The maximum absolute atomic E-state index is 13.3. The summed E-state index contributed by atoms with van der Waals surface area (Å²) >= 11 is 5.24. The van der Waals surface area contributed by atoms with Crippen LogP contribution >= 0.6 is 12.2 Å². The summed E-state index contributed by atoms with van der Waals surface area (Å²) in [6, 6.07) is 14.5. The number of anilines is 1. The standard InChI is InChI=1S/C26H22N2O8S/c1-3-34-17-7-5-16(6-8-17)28-24(30)19(23(29)27-26(28)37)12-15-4-10-20(22(13-15)33-2)35-14-18-9-11-21(36-18)25(31)32/h4-13H,3,14H2,1-2H3,(H,31,32)(H,27,29,37)/b19-12+. The van der Waals surface area contributed by atoms with Gasteiger partial charge in [-0.05, 0) is 79.3 Å². The molecule has 2 aromatic carbocycles. The summed E-state index contributed by atoms with van der Waals surface area (Å²) in [6.07, 6.45) is 1.43. The first kappa shape index (κ1) is 25.5. The quantitative estimate of drug-likeness (QED) is 0.245. The Labute approximate surface area is 217 Å². The van der Waals surface area contributed by atoms with Gasteiger partial charge in [0.15, 0.2) is 16.6 Å². The van der Waals surface area contributed by atoms with Crippen LogP contribution in [-0.4, -0.2) is 41.7 Å². The number of carboxylic acid groups (broad SMARTS) is 1. The molecule has 11 heteroatoms. The number of benzene rings is 2. The van der Waals surface area contributed by atoms with Crippen molar-refractivity contribution in [3.05, 3.63) is 77.3 Å². The van der Waals surface area contributed by atoms with E-state index in [2.05, 4.69) is 5.32 Å². The van der Waals surface area contributed by atoms with E-state index in [4.69, 9.17) is 36.0 Å². The van der Waals surface area contributed by atoms with Crippen LogP contribution in [0.3, 0.4) is 0 Å². The Hall–Kier alpha value is -4.64. The highest BCUT2D eigenvalue weighted by Gasteiger charge is 2.34. The molecule has 1 aromatic heterocycles. The van der Waals surface area contributed by atoms with Crippen molar-refractivity contribution in [1.82, 2.24) is 5.32 Å². The number of amides is 2. The first-order valence-corrected chi connectivity index (χ1v) is 11.5. The highest BCUT2D eigenvalue weighted by molar-refractivity contribution is 7.80. The van der Waals surface area contributed by atoms with Crippen LogP contribution in [0.25, 0.3) is 6.08 Å². The molecule has 0 saturated carbocycles. The van der Waals surface area contributed by atoms with Crippen molar-refractivity contribution in [2.75, 3.05) is 18.6 Å². The fourth-order valence-corrected chi connectivity index (χ4v) is 3.81. The first-order valence-electron chi connectivity index (χ1n) is 11.1. The number of carbonyl (C=O) groups is 3. The van der Waals surface area contributed by atoms with Gasteiger partial charge in [-0.3, -0.25) is 19.8 Å². The highest BCUT2D eigenvalue weighted by Crippen LogP contribution is 2.31. The third-order valence-electron chi connectivity index (χ3n) is 5.25. The first-order chi connectivity index (χ1) is 17.8. The molecular formula is C26H22N2O8S. The van der Waals surface area contributed by atoms with E-state index in [9.17, 15) is 14.4 Å². The van der Waals surface area contributed by atoms with Crippen LogP contribution in [-0.2, 0) is 16.2 Å². The fraction of sp³-hybridized carbons (Fsp3) is 0.154. The SMILES string of the molecule is CCOc1ccc(N2C(=O)/C(=C/c3ccc(OCc4ccc(C(=O)O)o4)c(OC)c3)C(=O)NC2=S)cc1. The van der Waals surface area contributed by atoms with Crippen LogP contribution < -0.4 is 24.4 Å². The normalized spacial score (nSPS) is 14.5. The zero-order chi connectivity index (χ0) is 26.5. The molecule has 1 saturated heterocycles. The van der Waals surface area contributed by atoms with Crippen molar-refractivity contribution in [2.24, 2.45) is 0 Å². The summed E-state index contributed by atoms with van der Waals surface area (Å²) in [5.74, 6) is -0.916. The number of carbonyl (C=O) groups excluding carboxylic acids is 2. The number of thiocarbonyl (C=S) groups is 1. The third-order valence-corrected chi connectivity index (χ3v) is 5.53. The number of hydrogen-bond donors (Lipinski definition) is 2. The lowest BCUT2D eigenvalue weighted by Crippen LogP contribution is -2.54. The van der Waals surface area contributed by atoms with Crippen molar-refractivity contribution < 1.29 is 38.1 Å². The minimum absolute atomic E-state index is 0.0263. The molecule has 2 N–H and O–H groups in total. The van der Waals surface area contributed by atoms with Crippen LogP contribution in [0, 0.1) is 0 Å². The van der Waals surface area contributed by atoms with E-state index in [1.54, 1.807) is 42.5 Å². The summed E-state index contributed by atoms with van der Waals surface area (Å²) in [5, 5.41) is 11.5. The number of methoxy groups -OCH3 is 1. The third kappa shape index (κ3) is 5.62. The number of nitrogens with zero attached hydrogens (tertiary/aromatic N) is 1. The Balaban J connectivity index is 1.55. The summed E-state index contributed by atoms with van der Waals surface area (Å²) in [7, 11) is 1.44. The molecule has 10 nitrogen and oxygen atoms in total. The Morgan fingerprint density at radius 3 is 2.49 bits per heavy atom. The molecule has 0 atom stereocenters. The lowest BCUT2D eigenvalue weighted by molar-refractivity contribution is -0.122. The molecule has 1 aliphatic heterocycles. The van der Waals surface area contributed by atoms with Crippen molar-refractivity contribution in [3.8, 4) is 17.2 Å². The molecule has 0 radical (unpaired) electrons. The molecule has 0 spiro atoms. The van der Waals surface area contributed by atoms with Gasteiger partial charge in [-0.2, -0.15) is 0 Å². The average molecular weight is 523 g/mol. The topological polar surface area (TPSA) is 128 Å². The van der Waals surface area contributed by atoms with Gasteiger partial charge in [0.05, 0.1) is 19.4 Å². The van der Waals surface area contributed by atoms with Gasteiger partial charge >= 0.3 is 5.97 Å². The monoisotopic (exact) mass is 522 g/mol. The molecule has 37 heavy (non-hydrogen) atoms. The predicted octanol–water partition coefficient (Wildman–Crippen LogP) is 3.80. The lowest BCUT2D eigenvalue weighted by Gasteiger charge is -2.29.